The molecule has 0 atom stereocenters. The van der Waals surface area contributed by atoms with Crippen molar-refractivity contribution in [3.63, 3.8) is 0 Å². The summed E-state index contributed by atoms with van der Waals surface area (Å²) < 4.78 is 85.9. The summed E-state index contributed by atoms with van der Waals surface area (Å²) >= 11 is 3.38. The van der Waals surface area contributed by atoms with Gasteiger partial charge in [0, 0.05) is 21.0 Å². The molecule has 2 aromatic carbocycles. The molecular weight excluding hydrogens is 551 g/mol. The van der Waals surface area contributed by atoms with E-state index in [-0.39, 0.29) is 31.4 Å². The summed E-state index contributed by atoms with van der Waals surface area (Å²) in [5, 5.41) is 0.0423. The van der Waals surface area contributed by atoms with Gasteiger partial charge < -0.3 is 20.3 Å². The highest BCUT2D eigenvalue weighted by Gasteiger charge is 2.45. The van der Waals surface area contributed by atoms with Gasteiger partial charge in [-0.05, 0) is 40.2 Å². The number of fused-ring (bicyclic) bond motifs is 1. The van der Waals surface area contributed by atoms with Crippen LogP contribution in [0.4, 0.5) is 26.3 Å². The van der Waals surface area contributed by atoms with Crippen molar-refractivity contribution in [1.29, 1.82) is 0 Å². The van der Waals surface area contributed by atoms with Crippen molar-refractivity contribution in [3.8, 4) is 5.75 Å². The highest BCUT2D eigenvalue weighted by Crippen LogP contribution is 2.58. The highest BCUT2D eigenvalue weighted by molar-refractivity contribution is 9.10. The highest BCUT2D eigenvalue weighted by atomic mass is 79.9. The summed E-state index contributed by atoms with van der Waals surface area (Å²) in [6.45, 7) is -0.588. The number of benzene rings is 2. The SMILES string of the molecule is NC(=O)c1cc(OCc2ccc(C(F)(F)F)cc2F)c2sc(C(F)(F)P(O)O)c(Br)c2c1. The zero-order valence-electron chi connectivity index (χ0n) is 15.4. The molecule has 0 bridgehead atoms. The third-order valence-corrected chi connectivity index (χ3v) is 7.52. The van der Waals surface area contributed by atoms with Gasteiger partial charge in [-0.3, -0.25) is 4.79 Å². The molecule has 1 heterocycles. The first kappa shape index (κ1) is 24.7. The molecule has 0 radical (unpaired) electrons. The van der Waals surface area contributed by atoms with Gasteiger partial charge in [0.1, 0.15) is 18.2 Å². The molecule has 0 spiro atoms. The summed E-state index contributed by atoms with van der Waals surface area (Å²) in [4.78, 5) is 29.1. The molecule has 3 aromatic rings. The van der Waals surface area contributed by atoms with E-state index in [9.17, 15) is 31.1 Å². The number of carbonyl (C=O) groups excluding carboxylic acids is 1. The van der Waals surface area contributed by atoms with Gasteiger partial charge in [0.2, 0.25) is 14.3 Å². The molecule has 1 aromatic heterocycles. The van der Waals surface area contributed by atoms with Gasteiger partial charge in [-0.1, -0.05) is 6.07 Å². The minimum atomic E-state index is -4.74. The van der Waals surface area contributed by atoms with E-state index in [1.54, 1.807) is 0 Å². The molecule has 0 saturated heterocycles. The molecular formula is C18H11BrF6NO4PS. The first-order valence-electron chi connectivity index (χ1n) is 8.34. The summed E-state index contributed by atoms with van der Waals surface area (Å²) in [5.74, 6) is -2.31. The van der Waals surface area contributed by atoms with Gasteiger partial charge in [0.15, 0.2) is 0 Å². The number of amides is 1. The molecule has 32 heavy (non-hydrogen) atoms. The Balaban J connectivity index is 2.05. The smallest absolute Gasteiger partial charge is 0.416 e. The lowest BCUT2D eigenvalue weighted by atomic mass is 10.1. The van der Waals surface area contributed by atoms with Gasteiger partial charge >= 0.3 is 11.8 Å². The molecule has 5 nitrogen and oxygen atoms in total. The standard InChI is InChI=1S/C18H11BrF6NO4PS/c19-13-10-3-8(16(26)27)4-12(14(10)32-15(13)18(24,25)31(28)29)30-6-7-1-2-9(5-11(7)20)17(21,22)23/h1-5,28-29H,6H2,(H2,26,27). The van der Waals surface area contributed by atoms with E-state index < -0.39 is 49.0 Å². The number of nitrogens with two attached hydrogens (primary N) is 1. The first-order chi connectivity index (χ1) is 14.7. The minimum absolute atomic E-state index is 0.0423. The van der Waals surface area contributed by atoms with E-state index in [2.05, 4.69) is 15.9 Å². The Morgan fingerprint density at radius 1 is 1.16 bits per heavy atom. The maximum absolute atomic E-state index is 14.2. The second-order valence-corrected chi connectivity index (χ2v) is 9.34. The topological polar surface area (TPSA) is 92.8 Å². The van der Waals surface area contributed by atoms with Gasteiger partial charge in [0.25, 0.3) is 0 Å². The molecule has 172 valence electrons. The maximum Gasteiger partial charge on any atom is 0.416 e. The van der Waals surface area contributed by atoms with Crippen molar-refractivity contribution in [2.75, 3.05) is 0 Å². The van der Waals surface area contributed by atoms with Crippen LogP contribution in [0, 0.1) is 5.82 Å². The number of hydrogen-bond acceptors (Lipinski definition) is 5. The largest absolute Gasteiger partial charge is 0.487 e. The molecule has 0 aliphatic rings. The van der Waals surface area contributed by atoms with Crippen LogP contribution in [0.25, 0.3) is 10.1 Å². The van der Waals surface area contributed by atoms with Crippen LogP contribution in [0.15, 0.2) is 34.8 Å². The van der Waals surface area contributed by atoms with Gasteiger partial charge in [-0.15, -0.1) is 11.3 Å². The second kappa shape index (κ2) is 8.79. The normalized spacial score (nSPS) is 12.6. The molecule has 0 fully saturated rings. The molecule has 1 amide bonds. The van der Waals surface area contributed by atoms with Crippen LogP contribution in [0.3, 0.4) is 0 Å². The quantitative estimate of drug-likeness (QED) is 0.260. The van der Waals surface area contributed by atoms with Crippen LogP contribution in [-0.2, 0) is 18.4 Å². The van der Waals surface area contributed by atoms with E-state index in [1.165, 1.54) is 6.07 Å². The van der Waals surface area contributed by atoms with Crippen molar-refractivity contribution >= 4 is 51.6 Å². The summed E-state index contributed by atoms with van der Waals surface area (Å²) in [6.07, 6.45) is -4.74. The van der Waals surface area contributed by atoms with Crippen molar-refractivity contribution < 1.29 is 45.7 Å². The fourth-order valence-corrected chi connectivity index (χ4v) is 5.45. The van der Waals surface area contributed by atoms with Crippen LogP contribution in [0.1, 0.15) is 26.4 Å². The fourth-order valence-electron chi connectivity index (χ4n) is 2.67. The van der Waals surface area contributed by atoms with Gasteiger partial charge in [-0.25, -0.2) is 4.39 Å². The number of halogens is 7. The molecule has 3 rings (SSSR count). The Bertz CT molecular complexity index is 1200. The molecule has 4 N–H and O–H groups in total. The summed E-state index contributed by atoms with van der Waals surface area (Å²) in [6, 6.07) is 4.10. The van der Waals surface area contributed by atoms with Gasteiger partial charge in [0.05, 0.1) is 15.1 Å². The number of carbonyl (C=O) groups is 1. The second-order valence-electron chi connectivity index (χ2n) is 6.38. The van der Waals surface area contributed by atoms with E-state index in [4.69, 9.17) is 20.3 Å². The Morgan fingerprint density at radius 3 is 2.34 bits per heavy atom. The van der Waals surface area contributed by atoms with Crippen molar-refractivity contribution in [3.05, 3.63) is 62.2 Å². The van der Waals surface area contributed by atoms with E-state index in [0.29, 0.717) is 23.5 Å². The third-order valence-electron chi connectivity index (χ3n) is 4.27. The number of ether oxygens (including phenoxy) is 1. The molecule has 14 heteroatoms. The number of primary amides is 1. The minimum Gasteiger partial charge on any atom is -0.487 e. The number of hydrogen-bond donors (Lipinski definition) is 3. The molecule has 0 aliphatic heterocycles. The average Bonchev–Trinajstić information content (AvgIpc) is 3.03. The van der Waals surface area contributed by atoms with Crippen molar-refractivity contribution in [1.82, 2.24) is 0 Å². The molecule has 0 aliphatic carbocycles. The Kier molecular flexibility index (Phi) is 6.79. The summed E-state index contributed by atoms with van der Waals surface area (Å²) in [5.41, 5.74) is -0.363. The predicted molar refractivity (Wildman–Crippen MR) is 109 cm³/mol. The zero-order valence-corrected chi connectivity index (χ0v) is 18.7. The Morgan fingerprint density at radius 2 is 1.81 bits per heavy atom. The fraction of sp³-hybridized carbons (Fsp3) is 0.167. The van der Waals surface area contributed by atoms with E-state index in [0.717, 1.165) is 12.1 Å². The monoisotopic (exact) mass is 561 g/mol. The lowest BCUT2D eigenvalue weighted by Gasteiger charge is -2.15. The van der Waals surface area contributed by atoms with Crippen LogP contribution >= 0.6 is 35.6 Å². The number of thiophene rings is 1. The van der Waals surface area contributed by atoms with Crippen LogP contribution in [0.5, 0.6) is 5.75 Å². The lowest BCUT2D eigenvalue weighted by molar-refractivity contribution is -0.137. The van der Waals surface area contributed by atoms with Crippen LogP contribution < -0.4 is 10.5 Å². The van der Waals surface area contributed by atoms with Crippen molar-refractivity contribution in [2.24, 2.45) is 5.73 Å². The zero-order chi connectivity index (χ0) is 24.0. The average molecular weight is 562 g/mol. The van der Waals surface area contributed by atoms with E-state index in [1.807, 2.05) is 0 Å². The third kappa shape index (κ3) is 4.72. The maximum atomic E-state index is 14.2. The first-order valence-corrected chi connectivity index (χ1v) is 11.2. The van der Waals surface area contributed by atoms with Crippen molar-refractivity contribution in [2.45, 2.75) is 18.4 Å². The van der Waals surface area contributed by atoms with Gasteiger partial charge in [-0.2, -0.15) is 22.0 Å². The molecule has 0 saturated carbocycles. The summed E-state index contributed by atoms with van der Waals surface area (Å²) in [7, 11) is -3.69. The van der Waals surface area contributed by atoms with E-state index >= 15 is 0 Å². The Hall–Kier alpha value is -1.92. The lowest BCUT2D eigenvalue weighted by Crippen LogP contribution is -2.11. The van der Waals surface area contributed by atoms with Crippen LogP contribution in [-0.4, -0.2) is 15.7 Å². The molecule has 0 unspecified atom stereocenters. The van der Waals surface area contributed by atoms with Crippen LogP contribution in [0.2, 0.25) is 0 Å². The predicted octanol–water partition coefficient (Wildman–Crippen LogP) is 5.85. The number of rotatable bonds is 6. The Labute approximate surface area is 189 Å². The number of alkyl halides is 5.